The molecule has 1 amide bonds. The molecule has 0 aromatic heterocycles. The average molecular weight is 459 g/mol. The molecule has 1 N–H and O–H groups in total. The number of ether oxygens (including phenoxy) is 1. The third kappa shape index (κ3) is 4.97. The number of piperidine rings is 1. The molecule has 170 valence electrons. The molecule has 2 aromatic carbocycles. The highest BCUT2D eigenvalue weighted by Crippen LogP contribution is 2.33. The van der Waals surface area contributed by atoms with E-state index in [1.165, 1.54) is 6.07 Å². The third-order valence-electron chi connectivity index (χ3n) is 6.12. The maximum absolute atomic E-state index is 12.8. The van der Waals surface area contributed by atoms with Gasteiger partial charge in [0.1, 0.15) is 5.69 Å². The first-order valence-electron chi connectivity index (χ1n) is 10.9. The van der Waals surface area contributed by atoms with Crippen molar-refractivity contribution in [2.75, 3.05) is 54.5 Å². The second-order valence-corrected chi connectivity index (χ2v) is 8.76. The van der Waals surface area contributed by atoms with Gasteiger partial charge in [-0.05, 0) is 49.1 Å². The second-order valence-electron chi connectivity index (χ2n) is 8.35. The Kier molecular flexibility index (Phi) is 6.81. The lowest BCUT2D eigenvalue weighted by molar-refractivity contribution is -0.384. The van der Waals surface area contributed by atoms with Crippen molar-refractivity contribution in [1.29, 1.82) is 0 Å². The highest BCUT2D eigenvalue weighted by molar-refractivity contribution is 6.33. The van der Waals surface area contributed by atoms with Crippen LogP contribution in [0, 0.1) is 16.0 Å². The minimum Gasteiger partial charge on any atom is -0.378 e. The Morgan fingerprint density at radius 3 is 2.38 bits per heavy atom. The number of nitro benzene ring substituents is 1. The molecule has 0 saturated carbocycles. The Morgan fingerprint density at radius 2 is 1.72 bits per heavy atom. The molecule has 2 heterocycles. The van der Waals surface area contributed by atoms with Crippen LogP contribution in [0.15, 0.2) is 36.4 Å². The normalized spacial score (nSPS) is 17.3. The molecule has 0 bridgehead atoms. The monoisotopic (exact) mass is 458 g/mol. The topological polar surface area (TPSA) is 88.0 Å². The number of halogens is 1. The zero-order chi connectivity index (χ0) is 22.7. The summed E-state index contributed by atoms with van der Waals surface area (Å²) < 4.78 is 5.32. The van der Waals surface area contributed by atoms with E-state index >= 15 is 0 Å². The zero-order valence-corrected chi connectivity index (χ0v) is 18.8. The third-order valence-corrected chi connectivity index (χ3v) is 6.42. The average Bonchev–Trinajstić information content (AvgIpc) is 2.80. The first kappa shape index (κ1) is 22.4. The lowest BCUT2D eigenvalue weighted by atomic mass is 9.99. The van der Waals surface area contributed by atoms with Gasteiger partial charge >= 0.3 is 0 Å². The van der Waals surface area contributed by atoms with Crippen LogP contribution in [0.3, 0.4) is 0 Å². The quantitative estimate of drug-likeness (QED) is 0.521. The van der Waals surface area contributed by atoms with E-state index in [0.717, 1.165) is 37.5 Å². The van der Waals surface area contributed by atoms with Gasteiger partial charge in [0.2, 0.25) is 0 Å². The van der Waals surface area contributed by atoms with Crippen molar-refractivity contribution in [3.8, 4) is 0 Å². The van der Waals surface area contributed by atoms with Crippen LogP contribution < -0.4 is 15.1 Å². The van der Waals surface area contributed by atoms with E-state index in [4.69, 9.17) is 16.3 Å². The number of nitrogens with zero attached hydrogens (tertiary/aromatic N) is 3. The van der Waals surface area contributed by atoms with Crippen molar-refractivity contribution >= 4 is 40.3 Å². The van der Waals surface area contributed by atoms with Gasteiger partial charge in [-0.25, -0.2) is 0 Å². The van der Waals surface area contributed by atoms with Crippen molar-refractivity contribution < 1.29 is 14.5 Å². The highest BCUT2D eigenvalue weighted by Gasteiger charge is 2.24. The fraction of sp³-hybridized carbons (Fsp3) is 0.435. The zero-order valence-electron chi connectivity index (χ0n) is 18.1. The van der Waals surface area contributed by atoms with Gasteiger partial charge in [-0.3, -0.25) is 14.9 Å². The van der Waals surface area contributed by atoms with Gasteiger partial charge in [0, 0.05) is 43.5 Å². The van der Waals surface area contributed by atoms with Crippen LogP contribution in [0.5, 0.6) is 0 Å². The van der Waals surface area contributed by atoms with Crippen LogP contribution in [0.25, 0.3) is 0 Å². The molecular weight excluding hydrogens is 432 g/mol. The predicted octanol–water partition coefficient (Wildman–Crippen LogP) is 4.57. The molecular formula is C23H27ClN4O4. The molecule has 0 unspecified atom stereocenters. The number of rotatable bonds is 5. The first-order chi connectivity index (χ1) is 15.4. The maximum Gasteiger partial charge on any atom is 0.293 e. The van der Waals surface area contributed by atoms with Crippen LogP contribution in [-0.2, 0) is 4.74 Å². The summed E-state index contributed by atoms with van der Waals surface area (Å²) in [6, 6.07) is 10.0. The van der Waals surface area contributed by atoms with Gasteiger partial charge in [-0.1, -0.05) is 18.5 Å². The number of anilines is 3. The van der Waals surface area contributed by atoms with Crippen LogP contribution in [0.1, 0.15) is 30.1 Å². The van der Waals surface area contributed by atoms with Gasteiger partial charge in [0.05, 0.1) is 28.8 Å². The molecule has 2 fully saturated rings. The van der Waals surface area contributed by atoms with E-state index in [2.05, 4.69) is 17.1 Å². The molecule has 9 heteroatoms. The van der Waals surface area contributed by atoms with Gasteiger partial charge in [0.15, 0.2) is 0 Å². The Bertz CT molecular complexity index is 1000. The first-order valence-corrected chi connectivity index (χ1v) is 11.3. The molecule has 32 heavy (non-hydrogen) atoms. The van der Waals surface area contributed by atoms with Gasteiger partial charge in [-0.2, -0.15) is 0 Å². The van der Waals surface area contributed by atoms with Crippen molar-refractivity contribution in [3.05, 3.63) is 57.1 Å². The van der Waals surface area contributed by atoms with Gasteiger partial charge in [-0.15, -0.1) is 0 Å². The van der Waals surface area contributed by atoms with E-state index in [1.54, 1.807) is 18.2 Å². The number of morpholine rings is 1. The van der Waals surface area contributed by atoms with Gasteiger partial charge in [0.25, 0.3) is 11.6 Å². The summed E-state index contributed by atoms with van der Waals surface area (Å²) in [6.07, 6.45) is 2.27. The summed E-state index contributed by atoms with van der Waals surface area (Å²) in [4.78, 5) is 28.2. The Labute approximate surface area is 192 Å². The Morgan fingerprint density at radius 1 is 1.06 bits per heavy atom. The lowest BCUT2D eigenvalue weighted by Gasteiger charge is -2.32. The highest BCUT2D eigenvalue weighted by atomic mass is 35.5. The van der Waals surface area contributed by atoms with Gasteiger partial charge < -0.3 is 19.9 Å². The predicted molar refractivity (Wildman–Crippen MR) is 126 cm³/mol. The van der Waals surface area contributed by atoms with Crippen molar-refractivity contribution in [1.82, 2.24) is 0 Å². The fourth-order valence-corrected chi connectivity index (χ4v) is 4.48. The fourth-order valence-electron chi connectivity index (χ4n) is 4.18. The SMILES string of the molecule is CC1CCN(c2ccc(NC(=O)c3ccc(N4CCOCC4)c([N+](=O)[O-])c3)cc2Cl)CC1. The summed E-state index contributed by atoms with van der Waals surface area (Å²) in [5, 5.41) is 15.0. The van der Waals surface area contributed by atoms with Crippen molar-refractivity contribution in [2.45, 2.75) is 19.8 Å². The standard InChI is InChI=1S/C23H27ClN4O4/c1-16-6-8-26(9-7-16)20-5-3-18(15-19(20)24)25-23(29)17-2-4-21(22(14-17)28(30)31)27-10-12-32-13-11-27/h2-5,14-16H,6-13H2,1H3,(H,25,29). The number of hydrogen-bond donors (Lipinski definition) is 1. The molecule has 8 nitrogen and oxygen atoms in total. The second kappa shape index (κ2) is 9.75. The molecule has 2 aliphatic heterocycles. The van der Waals surface area contributed by atoms with E-state index in [-0.39, 0.29) is 11.3 Å². The van der Waals surface area contributed by atoms with Crippen molar-refractivity contribution in [2.24, 2.45) is 5.92 Å². The maximum atomic E-state index is 12.8. The number of nitro groups is 1. The number of nitrogens with one attached hydrogen (secondary N) is 1. The van der Waals surface area contributed by atoms with E-state index < -0.39 is 10.8 Å². The van der Waals surface area contributed by atoms with E-state index in [1.807, 2.05) is 17.0 Å². The Balaban J connectivity index is 1.49. The van der Waals surface area contributed by atoms with Crippen LogP contribution >= 0.6 is 11.6 Å². The molecule has 0 atom stereocenters. The minimum atomic E-state index is -0.452. The molecule has 4 rings (SSSR count). The summed E-state index contributed by atoms with van der Waals surface area (Å²) >= 11 is 6.50. The Hall–Kier alpha value is -2.84. The van der Waals surface area contributed by atoms with E-state index in [9.17, 15) is 14.9 Å². The lowest BCUT2D eigenvalue weighted by Crippen LogP contribution is -2.36. The van der Waals surface area contributed by atoms with Crippen LogP contribution in [0.4, 0.5) is 22.7 Å². The summed E-state index contributed by atoms with van der Waals surface area (Å²) in [7, 11) is 0. The summed E-state index contributed by atoms with van der Waals surface area (Å²) in [6.45, 7) is 6.38. The number of hydrogen-bond acceptors (Lipinski definition) is 6. The number of carbonyl (C=O) groups excluding carboxylic acids is 1. The molecule has 0 radical (unpaired) electrons. The smallest absolute Gasteiger partial charge is 0.293 e. The number of carbonyl (C=O) groups is 1. The summed E-state index contributed by atoms with van der Waals surface area (Å²) in [5.74, 6) is 0.305. The minimum absolute atomic E-state index is 0.0905. The van der Waals surface area contributed by atoms with Crippen LogP contribution in [-0.4, -0.2) is 50.2 Å². The van der Waals surface area contributed by atoms with E-state index in [0.29, 0.717) is 42.7 Å². The molecule has 2 aliphatic rings. The van der Waals surface area contributed by atoms with Crippen LogP contribution in [0.2, 0.25) is 5.02 Å². The summed E-state index contributed by atoms with van der Waals surface area (Å²) in [5.41, 5.74) is 2.14. The molecule has 0 spiro atoms. The largest absolute Gasteiger partial charge is 0.378 e. The molecule has 2 saturated heterocycles. The molecule has 2 aromatic rings. The number of amides is 1. The molecule has 0 aliphatic carbocycles. The van der Waals surface area contributed by atoms with Crippen molar-refractivity contribution in [3.63, 3.8) is 0 Å². The number of benzene rings is 2.